The molecule has 0 bridgehead atoms. The minimum Gasteiger partial charge on any atom is -0.482 e. The van der Waals surface area contributed by atoms with E-state index in [1.165, 1.54) is 5.56 Å². The minimum atomic E-state index is -0.357. The molecule has 0 atom stereocenters. The van der Waals surface area contributed by atoms with Crippen molar-refractivity contribution in [2.24, 2.45) is 4.99 Å². The van der Waals surface area contributed by atoms with Gasteiger partial charge in [0, 0.05) is 20.6 Å². The number of hydrogen-bond acceptors (Lipinski definition) is 4. The molecule has 1 aromatic carbocycles. The third-order valence-corrected chi connectivity index (χ3v) is 2.75. The molecule has 0 aliphatic rings. The van der Waals surface area contributed by atoms with Crippen molar-refractivity contribution in [1.29, 1.82) is 0 Å². The number of hydrogen-bond donors (Lipinski definition) is 2. The lowest BCUT2D eigenvalue weighted by atomic mass is 10.1. The van der Waals surface area contributed by atoms with Crippen molar-refractivity contribution >= 4 is 11.9 Å². The van der Waals surface area contributed by atoms with Crippen molar-refractivity contribution in [3.05, 3.63) is 29.8 Å². The maximum Gasteiger partial charge on any atom is 0.344 e. The van der Waals surface area contributed by atoms with Gasteiger partial charge in [-0.05, 0) is 31.0 Å². The first-order valence-corrected chi connectivity index (χ1v) is 6.95. The molecule has 21 heavy (non-hydrogen) atoms. The van der Waals surface area contributed by atoms with Crippen LogP contribution < -0.4 is 15.4 Å². The first-order chi connectivity index (χ1) is 10.2. The van der Waals surface area contributed by atoms with E-state index in [0.717, 1.165) is 18.9 Å². The van der Waals surface area contributed by atoms with E-state index in [1.54, 1.807) is 14.0 Å². The summed E-state index contributed by atoms with van der Waals surface area (Å²) in [5.41, 5.74) is 1.18. The van der Waals surface area contributed by atoms with Crippen molar-refractivity contribution in [2.75, 3.05) is 33.9 Å². The van der Waals surface area contributed by atoms with Crippen LogP contribution in [0, 0.1) is 0 Å². The first kappa shape index (κ1) is 16.8. The fourth-order valence-electron chi connectivity index (χ4n) is 1.70. The lowest BCUT2D eigenvalue weighted by Crippen LogP contribution is -2.35. The van der Waals surface area contributed by atoms with Crippen LogP contribution in [-0.4, -0.2) is 45.8 Å². The van der Waals surface area contributed by atoms with Crippen molar-refractivity contribution in [3.8, 4) is 5.75 Å². The van der Waals surface area contributed by atoms with Gasteiger partial charge in [-0.25, -0.2) is 4.79 Å². The molecular formula is C15H23N3O3. The zero-order valence-electron chi connectivity index (χ0n) is 12.8. The fourth-order valence-corrected chi connectivity index (χ4v) is 1.70. The molecule has 2 N–H and O–H groups in total. The highest BCUT2D eigenvalue weighted by Crippen LogP contribution is 2.12. The van der Waals surface area contributed by atoms with Gasteiger partial charge in [0.2, 0.25) is 0 Å². The zero-order chi connectivity index (χ0) is 15.5. The highest BCUT2D eigenvalue weighted by Gasteiger charge is 2.03. The van der Waals surface area contributed by atoms with Gasteiger partial charge < -0.3 is 20.1 Å². The predicted octanol–water partition coefficient (Wildman–Crippen LogP) is 0.966. The molecule has 0 radical (unpaired) electrons. The van der Waals surface area contributed by atoms with Crippen LogP contribution in [0.25, 0.3) is 0 Å². The molecule has 6 nitrogen and oxygen atoms in total. The molecule has 0 heterocycles. The molecule has 0 aliphatic carbocycles. The molecule has 1 aromatic rings. The van der Waals surface area contributed by atoms with Crippen LogP contribution in [0.3, 0.4) is 0 Å². The molecule has 0 aromatic heterocycles. The summed E-state index contributed by atoms with van der Waals surface area (Å²) in [4.78, 5) is 15.2. The standard InChI is InChI=1S/C15H23N3O3/c1-4-20-14(19)11-21-13-7-5-12(6-8-13)9-10-18-15(16-2)17-3/h5-8H,4,9-11H2,1-3H3,(H2,16,17,18). The van der Waals surface area contributed by atoms with Gasteiger partial charge in [-0.15, -0.1) is 0 Å². The summed E-state index contributed by atoms with van der Waals surface area (Å²) < 4.78 is 10.1. The van der Waals surface area contributed by atoms with Gasteiger partial charge >= 0.3 is 5.97 Å². The van der Waals surface area contributed by atoms with Gasteiger partial charge in [0.1, 0.15) is 5.75 Å². The van der Waals surface area contributed by atoms with Crippen molar-refractivity contribution < 1.29 is 14.3 Å². The van der Waals surface area contributed by atoms with E-state index in [9.17, 15) is 4.79 Å². The van der Waals surface area contributed by atoms with Crippen LogP contribution in [0.5, 0.6) is 5.75 Å². The lowest BCUT2D eigenvalue weighted by molar-refractivity contribution is -0.145. The average Bonchev–Trinajstić information content (AvgIpc) is 2.51. The van der Waals surface area contributed by atoms with Crippen LogP contribution in [0.2, 0.25) is 0 Å². The number of nitrogens with zero attached hydrogens (tertiary/aromatic N) is 1. The van der Waals surface area contributed by atoms with Crippen molar-refractivity contribution in [1.82, 2.24) is 10.6 Å². The molecule has 116 valence electrons. The second-order valence-electron chi connectivity index (χ2n) is 4.24. The van der Waals surface area contributed by atoms with Gasteiger partial charge in [0.15, 0.2) is 12.6 Å². The summed E-state index contributed by atoms with van der Waals surface area (Å²) in [6.45, 7) is 2.86. The number of benzene rings is 1. The number of rotatable bonds is 7. The Morgan fingerprint density at radius 3 is 2.57 bits per heavy atom. The topological polar surface area (TPSA) is 72.0 Å². The number of aliphatic imine (C=N–C) groups is 1. The second kappa shape index (κ2) is 9.63. The maximum atomic E-state index is 11.2. The smallest absolute Gasteiger partial charge is 0.344 e. The molecule has 0 fully saturated rings. The number of nitrogens with one attached hydrogen (secondary N) is 2. The Morgan fingerprint density at radius 2 is 2.00 bits per heavy atom. The van der Waals surface area contributed by atoms with Crippen molar-refractivity contribution in [2.45, 2.75) is 13.3 Å². The fraction of sp³-hybridized carbons (Fsp3) is 0.467. The number of guanidine groups is 1. The van der Waals surface area contributed by atoms with Gasteiger partial charge in [-0.3, -0.25) is 4.99 Å². The SMILES string of the molecule is CCOC(=O)COc1ccc(CCNC(=NC)NC)cc1. The summed E-state index contributed by atoms with van der Waals surface area (Å²) in [7, 11) is 3.56. The first-order valence-electron chi connectivity index (χ1n) is 6.95. The third kappa shape index (κ3) is 6.65. The molecular weight excluding hydrogens is 270 g/mol. The number of esters is 1. The van der Waals surface area contributed by atoms with E-state index < -0.39 is 0 Å². The summed E-state index contributed by atoms with van der Waals surface area (Å²) >= 11 is 0. The summed E-state index contributed by atoms with van der Waals surface area (Å²) in [6.07, 6.45) is 0.874. The Morgan fingerprint density at radius 1 is 1.29 bits per heavy atom. The van der Waals surface area contributed by atoms with Gasteiger partial charge in [0.05, 0.1) is 6.61 Å². The quantitative estimate of drug-likeness (QED) is 0.445. The number of carbonyl (C=O) groups is 1. The number of carbonyl (C=O) groups excluding carboxylic acids is 1. The van der Waals surface area contributed by atoms with E-state index in [0.29, 0.717) is 12.4 Å². The normalized spacial score (nSPS) is 10.9. The highest BCUT2D eigenvalue weighted by molar-refractivity contribution is 5.79. The second-order valence-corrected chi connectivity index (χ2v) is 4.24. The molecule has 0 amide bonds. The van der Waals surface area contributed by atoms with Crippen LogP contribution >= 0.6 is 0 Å². The van der Waals surface area contributed by atoms with E-state index in [2.05, 4.69) is 15.6 Å². The summed E-state index contributed by atoms with van der Waals surface area (Å²) in [6, 6.07) is 7.65. The Labute approximate surface area is 125 Å². The molecule has 1 rings (SSSR count). The summed E-state index contributed by atoms with van der Waals surface area (Å²) in [5, 5.41) is 6.14. The summed E-state index contributed by atoms with van der Waals surface area (Å²) in [5.74, 6) is 1.07. The van der Waals surface area contributed by atoms with Gasteiger partial charge in [-0.2, -0.15) is 0 Å². The van der Waals surface area contributed by atoms with Gasteiger partial charge in [-0.1, -0.05) is 12.1 Å². The van der Waals surface area contributed by atoms with Crippen LogP contribution in [0.15, 0.2) is 29.3 Å². The monoisotopic (exact) mass is 293 g/mol. The van der Waals surface area contributed by atoms with Gasteiger partial charge in [0.25, 0.3) is 0 Å². The Kier molecular flexibility index (Phi) is 7.71. The highest BCUT2D eigenvalue weighted by atomic mass is 16.6. The van der Waals surface area contributed by atoms with Crippen molar-refractivity contribution in [3.63, 3.8) is 0 Å². The number of ether oxygens (including phenoxy) is 2. The molecule has 6 heteroatoms. The maximum absolute atomic E-state index is 11.2. The lowest BCUT2D eigenvalue weighted by Gasteiger charge is -2.09. The Hall–Kier alpha value is -2.24. The average molecular weight is 293 g/mol. The van der Waals surface area contributed by atoms with Crippen LogP contribution in [0.1, 0.15) is 12.5 Å². The van der Waals surface area contributed by atoms with Crippen LogP contribution in [-0.2, 0) is 16.0 Å². The largest absolute Gasteiger partial charge is 0.482 e. The Bertz CT molecular complexity index is 458. The molecule has 0 aliphatic heterocycles. The molecule has 0 saturated carbocycles. The predicted molar refractivity (Wildman–Crippen MR) is 82.7 cm³/mol. The van der Waals surface area contributed by atoms with E-state index in [4.69, 9.17) is 9.47 Å². The molecule has 0 saturated heterocycles. The molecule has 0 spiro atoms. The minimum absolute atomic E-state index is 0.0623. The van der Waals surface area contributed by atoms with E-state index in [-0.39, 0.29) is 12.6 Å². The zero-order valence-corrected chi connectivity index (χ0v) is 12.8. The third-order valence-electron chi connectivity index (χ3n) is 2.75. The molecule has 0 unspecified atom stereocenters. The van der Waals surface area contributed by atoms with E-state index >= 15 is 0 Å². The van der Waals surface area contributed by atoms with Crippen LogP contribution in [0.4, 0.5) is 0 Å². The van der Waals surface area contributed by atoms with E-state index in [1.807, 2.05) is 31.3 Å². The Balaban J connectivity index is 2.35.